The molecule has 2 heteroatoms. The van der Waals surface area contributed by atoms with Gasteiger partial charge in [-0.3, -0.25) is 4.79 Å². The highest BCUT2D eigenvalue weighted by Crippen LogP contribution is 2.04. The van der Waals surface area contributed by atoms with Crippen molar-refractivity contribution in [2.45, 2.75) is 46.1 Å². The van der Waals surface area contributed by atoms with Crippen molar-refractivity contribution in [3.8, 4) is 0 Å². The van der Waals surface area contributed by atoms with Gasteiger partial charge in [0.05, 0.1) is 6.10 Å². The normalized spacial score (nSPS) is 12.2. The first kappa shape index (κ1) is 11.2. The fraction of sp³-hybridized carbons (Fsp3) is 0.700. The highest BCUT2D eigenvalue weighted by atomic mass is 16.5. The number of hydrogen-bond acceptors (Lipinski definition) is 2. The first-order valence-corrected chi connectivity index (χ1v) is 4.40. The number of rotatable bonds is 5. The van der Waals surface area contributed by atoms with E-state index in [0.29, 0.717) is 6.42 Å². The van der Waals surface area contributed by atoms with E-state index in [4.69, 9.17) is 4.74 Å². The highest BCUT2D eigenvalue weighted by Gasteiger charge is 2.06. The summed E-state index contributed by atoms with van der Waals surface area (Å²) in [5.74, 6) is -0.118. The molecule has 0 heterocycles. The first-order chi connectivity index (χ1) is 5.56. The zero-order valence-corrected chi connectivity index (χ0v) is 8.22. The van der Waals surface area contributed by atoms with E-state index in [1.807, 2.05) is 20.8 Å². The standard InChI is InChI=1S/C10H18O2/c1-5-9(4)12-10(11)7-6-8(2)3/h9H,2,5-7H2,1,3-4H3. The van der Waals surface area contributed by atoms with Crippen molar-refractivity contribution in [3.05, 3.63) is 12.2 Å². The zero-order valence-electron chi connectivity index (χ0n) is 8.22. The van der Waals surface area contributed by atoms with Crippen molar-refractivity contribution < 1.29 is 9.53 Å². The maximum atomic E-state index is 11.1. The molecule has 12 heavy (non-hydrogen) atoms. The van der Waals surface area contributed by atoms with E-state index >= 15 is 0 Å². The Bertz CT molecular complexity index is 161. The van der Waals surface area contributed by atoms with Crippen LogP contribution in [-0.2, 0) is 9.53 Å². The number of allylic oxidation sites excluding steroid dienone is 1. The van der Waals surface area contributed by atoms with Crippen LogP contribution in [0.5, 0.6) is 0 Å². The van der Waals surface area contributed by atoms with E-state index in [2.05, 4.69) is 6.58 Å². The third-order valence-electron chi connectivity index (χ3n) is 1.66. The molecule has 0 aromatic rings. The Balaban J connectivity index is 3.53. The van der Waals surface area contributed by atoms with Gasteiger partial charge in [-0.2, -0.15) is 0 Å². The number of carbonyl (C=O) groups is 1. The first-order valence-electron chi connectivity index (χ1n) is 4.40. The summed E-state index contributed by atoms with van der Waals surface area (Å²) in [4.78, 5) is 11.1. The van der Waals surface area contributed by atoms with E-state index < -0.39 is 0 Å². The Kier molecular flexibility index (Phi) is 5.43. The van der Waals surface area contributed by atoms with Crippen molar-refractivity contribution >= 4 is 5.97 Å². The average molecular weight is 170 g/mol. The minimum absolute atomic E-state index is 0.0441. The van der Waals surface area contributed by atoms with Crippen LogP contribution in [0, 0.1) is 0 Å². The topological polar surface area (TPSA) is 26.3 Å². The summed E-state index contributed by atoms with van der Waals surface area (Å²) in [5, 5.41) is 0. The number of carbonyl (C=O) groups excluding carboxylic acids is 1. The quantitative estimate of drug-likeness (QED) is 0.468. The average Bonchev–Trinajstić information content (AvgIpc) is 2.00. The van der Waals surface area contributed by atoms with Crippen LogP contribution in [0.3, 0.4) is 0 Å². The molecular formula is C10H18O2. The van der Waals surface area contributed by atoms with Gasteiger partial charge < -0.3 is 4.74 Å². The largest absolute Gasteiger partial charge is 0.463 e. The van der Waals surface area contributed by atoms with Crippen molar-refractivity contribution in [2.75, 3.05) is 0 Å². The molecule has 0 N–H and O–H groups in total. The Labute approximate surface area is 74.6 Å². The van der Waals surface area contributed by atoms with Crippen LogP contribution < -0.4 is 0 Å². The van der Waals surface area contributed by atoms with Crippen LogP contribution in [-0.4, -0.2) is 12.1 Å². The molecule has 0 aliphatic rings. The van der Waals surface area contributed by atoms with Crippen LogP contribution in [0.1, 0.15) is 40.0 Å². The summed E-state index contributed by atoms with van der Waals surface area (Å²) < 4.78 is 5.07. The van der Waals surface area contributed by atoms with Gasteiger partial charge in [-0.15, -0.1) is 6.58 Å². The molecule has 0 bridgehead atoms. The van der Waals surface area contributed by atoms with Gasteiger partial charge in [-0.25, -0.2) is 0 Å². The molecule has 0 aliphatic carbocycles. The summed E-state index contributed by atoms with van der Waals surface area (Å²) >= 11 is 0. The second-order valence-electron chi connectivity index (χ2n) is 3.17. The van der Waals surface area contributed by atoms with Crippen molar-refractivity contribution in [3.63, 3.8) is 0 Å². The van der Waals surface area contributed by atoms with Gasteiger partial charge in [-0.1, -0.05) is 12.5 Å². The van der Waals surface area contributed by atoms with E-state index in [9.17, 15) is 4.79 Å². The lowest BCUT2D eigenvalue weighted by Gasteiger charge is -2.10. The minimum atomic E-state index is -0.118. The fourth-order valence-electron chi connectivity index (χ4n) is 0.682. The molecule has 0 rings (SSSR count). The minimum Gasteiger partial charge on any atom is -0.463 e. The van der Waals surface area contributed by atoms with Gasteiger partial charge in [0.15, 0.2) is 0 Å². The van der Waals surface area contributed by atoms with Crippen molar-refractivity contribution in [2.24, 2.45) is 0 Å². The highest BCUT2D eigenvalue weighted by molar-refractivity contribution is 5.69. The second kappa shape index (κ2) is 5.81. The van der Waals surface area contributed by atoms with E-state index in [-0.39, 0.29) is 12.1 Å². The van der Waals surface area contributed by atoms with Gasteiger partial charge in [0.2, 0.25) is 0 Å². The molecule has 0 spiro atoms. The SMILES string of the molecule is C=C(C)CCC(=O)OC(C)CC. The van der Waals surface area contributed by atoms with E-state index in [1.54, 1.807) is 0 Å². The molecule has 0 fully saturated rings. The summed E-state index contributed by atoms with van der Waals surface area (Å²) in [5.41, 5.74) is 1.02. The molecule has 1 atom stereocenters. The van der Waals surface area contributed by atoms with Gasteiger partial charge in [-0.05, 0) is 26.7 Å². The lowest BCUT2D eigenvalue weighted by Crippen LogP contribution is -2.13. The molecule has 0 radical (unpaired) electrons. The molecule has 0 saturated heterocycles. The van der Waals surface area contributed by atoms with Crippen LogP contribution in [0.4, 0.5) is 0 Å². The Hall–Kier alpha value is -0.790. The maximum Gasteiger partial charge on any atom is 0.306 e. The van der Waals surface area contributed by atoms with Crippen molar-refractivity contribution in [1.29, 1.82) is 0 Å². The Morgan fingerprint density at radius 3 is 2.50 bits per heavy atom. The molecular weight excluding hydrogens is 152 g/mol. The van der Waals surface area contributed by atoms with Crippen LogP contribution in [0.25, 0.3) is 0 Å². The van der Waals surface area contributed by atoms with E-state index in [0.717, 1.165) is 18.4 Å². The molecule has 0 amide bonds. The van der Waals surface area contributed by atoms with Gasteiger partial charge >= 0.3 is 5.97 Å². The Morgan fingerprint density at radius 2 is 2.08 bits per heavy atom. The maximum absolute atomic E-state index is 11.1. The molecule has 2 nitrogen and oxygen atoms in total. The predicted molar refractivity (Wildman–Crippen MR) is 49.9 cm³/mol. The van der Waals surface area contributed by atoms with Crippen LogP contribution >= 0.6 is 0 Å². The number of hydrogen-bond donors (Lipinski definition) is 0. The third kappa shape index (κ3) is 5.96. The van der Waals surface area contributed by atoms with Gasteiger partial charge in [0.1, 0.15) is 0 Å². The monoisotopic (exact) mass is 170 g/mol. The summed E-state index contributed by atoms with van der Waals surface area (Å²) in [6.07, 6.45) is 2.11. The molecule has 70 valence electrons. The smallest absolute Gasteiger partial charge is 0.306 e. The van der Waals surface area contributed by atoms with Crippen LogP contribution in [0.15, 0.2) is 12.2 Å². The zero-order chi connectivity index (χ0) is 9.56. The number of esters is 1. The molecule has 0 aliphatic heterocycles. The van der Waals surface area contributed by atoms with Crippen LogP contribution in [0.2, 0.25) is 0 Å². The van der Waals surface area contributed by atoms with Gasteiger partial charge in [0.25, 0.3) is 0 Å². The second-order valence-corrected chi connectivity index (χ2v) is 3.17. The lowest BCUT2D eigenvalue weighted by molar-refractivity contribution is -0.148. The summed E-state index contributed by atoms with van der Waals surface area (Å²) in [6.45, 7) is 9.53. The lowest BCUT2D eigenvalue weighted by atomic mass is 10.2. The summed E-state index contributed by atoms with van der Waals surface area (Å²) in [6, 6.07) is 0. The summed E-state index contributed by atoms with van der Waals surface area (Å²) in [7, 11) is 0. The van der Waals surface area contributed by atoms with E-state index in [1.165, 1.54) is 0 Å². The van der Waals surface area contributed by atoms with Crippen molar-refractivity contribution in [1.82, 2.24) is 0 Å². The predicted octanol–water partition coefficient (Wildman–Crippen LogP) is 2.68. The molecule has 0 aromatic heterocycles. The fourth-order valence-corrected chi connectivity index (χ4v) is 0.682. The Morgan fingerprint density at radius 1 is 1.50 bits per heavy atom. The number of ether oxygens (including phenoxy) is 1. The molecule has 1 unspecified atom stereocenters. The van der Waals surface area contributed by atoms with Gasteiger partial charge in [0, 0.05) is 6.42 Å². The molecule has 0 aromatic carbocycles. The third-order valence-corrected chi connectivity index (χ3v) is 1.66. The molecule has 0 saturated carbocycles.